The highest BCUT2D eigenvalue weighted by Gasteiger charge is 2.24. The van der Waals surface area contributed by atoms with E-state index in [0.29, 0.717) is 22.0 Å². The Balaban J connectivity index is 2.07. The molecule has 0 amide bonds. The molecule has 4 heteroatoms. The van der Waals surface area contributed by atoms with Crippen LogP contribution in [-0.2, 0) is 6.54 Å². The van der Waals surface area contributed by atoms with E-state index >= 15 is 0 Å². The molecule has 1 saturated heterocycles. The molecule has 1 fully saturated rings. The second-order valence-electron chi connectivity index (χ2n) is 4.64. The Morgan fingerprint density at radius 2 is 2.24 bits per heavy atom. The molecular formula is C13H19ClN2S. The number of anilines is 1. The fraction of sp³-hybridized carbons (Fsp3) is 0.538. The van der Waals surface area contributed by atoms with E-state index in [1.807, 2.05) is 12.1 Å². The molecule has 0 spiro atoms. The average molecular weight is 271 g/mol. The zero-order valence-electron chi connectivity index (χ0n) is 10.3. The Bertz CT molecular complexity index is 397. The molecule has 2 unspecified atom stereocenters. The molecule has 0 saturated carbocycles. The van der Waals surface area contributed by atoms with Crippen LogP contribution in [0.4, 0.5) is 5.69 Å². The highest BCUT2D eigenvalue weighted by Crippen LogP contribution is 2.27. The van der Waals surface area contributed by atoms with Crippen LogP contribution < -0.4 is 5.73 Å². The topological polar surface area (TPSA) is 29.3 Å². The fourth-order valence-electron chi connectivity index (χ4n) is 2.14. The van der Waals surface area contributed by atoms with Crippen LogP contribution in [0.25, 0.3) is 0 Å². The summed E-state index contributed by atoms with van der Waals surface area (Å²) in [5.41, 5.74) is 7.76. The molecule has 94 valence electrons. The number of nitrogens with zero attached hydrogens (tertiary/aromatic N) is 1. The molecule has 1 aromatic carbocycles. The maximum absolute atomic E-state index is 5.93. The maximum atomic E-state index is 5.93. The quantitative estimate of drug-likeness (QED) is 0.837. The second kappa shape index (κ2) is 5.51. The molecule has 2 atom stereocenters. The molecule has 1 aliphatic heterocycles. The van der Waals surface area contributed by atoms with Crippen molar-refractivity contribution in [3.63, 3.8) is 0 Å². The summed E-state index contributed by atoms with van der Waals surface area (Å²) in [7, 11) is 0. The number of rotatable bonds is 2. The van der Waals surface area contributed by atoms with Crippen molar-refractivity contribution in [2.45, 2.75) is 31.7 Å². The molecule has 17 heavy (non-hydrogen) atoms. The Labute approximate surface area is 113 Å². The van der Waals surface area contributed by atoms with Crippen molar-refractivity contribution in [3.05, 3.63) is 28.8 Å². The first kappa shape index (κ1) is 13.1. The summed E-state index contributed by atoms with van der Waals surface area (Å²) in [6.45, 7) is 6.72. The minimum absolute atomic E-state index is 0.616. The van der Waals surface area contributed by atoms with Crippen molar-refractivity contribution in [2.24, 2.45) is 0 Å². The van der Waals surface area contributed by atoms with Crippen LogP contribution in [-0.4, -0.2) is 28.5 Å². The van der Waals surface area contributed by atoms with Gasteiger partial charge in [0.15, 0.2) is 0 Å². The molecule has 1 heterocycles. The lowest BCUT2D eigenvalue weighted by Gasteiger charge is -2.37. The first-order chi connectivity index (χ1) is 8.08. The standard InChI is InChI=1S/C13H19ClN2S/c1-9-10(2)17-6-5-16(9)8-11-3-4-12(14)13(15)7-11/h3-4,7,9-10H,5-6,8,15H2,1-2H3. The molecule has 0 bridgehead atoms. The van der Waals surface area contributed by atoms with E-state index < -0.39 is 0 Å². The van der Waals surface area contributed by atoms with Gasteiger partial charge in [-0.25, -0.2) is 0 Å². The number of hydrogen-bond donors (Lipinski definition) is 1. The highest BCUT2D eigenvalue weighted by molar-refractivity contribution is 8.00. The van der Waals surface area contributed by atoms with Crippen LogP contribution in [0.2, 0.25) is 5.02 Å². The van der Waals surface area contributed by atoms with Crippen molar-refractivity contribution >= 4 is 29.1 Å². The van der Waals surface area contributed by atoms with Crippen LogP contribution >= 0.6 is 23.4 Å². The highest BCUT2D eigenvalue weighted by atomic mass is 35.5. The van der Waals surface area contributed by atoms with Crippen molar-refractivity contribution in [1.29, 1.82) is 0 Å². The zero-order chi connectivity index (χ0) is 12.4. The van der Waals surface area contributed by atoms with Gasteiger partial charge in [-0.15, -0.1) is 0 Å². The molecule has 0 radical (unpaired) electrons. The van der Waals surface area contributed by atoms with E-state index in [2.05, 4.69) is 36.6 Å². The van der Waals surface area contributed by atoms with Gasteiger partial charge in [-0.3, -0.25) is 4.90 Å². The van der Waals surface area contributed by atoms with Gasteiger partial charge < -0.3 is 5.73 Å². The summed E-state index contributed by atoms with van der Waals surface area (Å²) in [6.07, 6.45) is 0. The Morgan fingerprint density at radius 1 is 1.47 bits per heavy atom. The van der Waals surface area contributed by atoms with Crippen LogP contribution in [0.15, 0.2) is 18.2 Å². The summed E-state index contributed by atoms with van der Waals surface area (Å²) in [5.74, 6) is 1.22. The molecule has 0 aromatic heterocycles. The minimum Gasteiger partial charge on any atom is -0.398 e. The lowest BCUT2D eigenvalue weighted by molar-refractivity contribution is 0.204. The normalized spacial score (nSPS) is 26.1. The summed E-state index contributed by atoms with van der Waals surface area (Å²) in [6, 6.07) is 6.56. The van der Waals surface area contributed by atoms with Crippen LogP contribution in [0.1, 0.15) is 19.4 Å². The number of halogens is 1. The molecule has 2 nitrogen and oxygen atoms in total. The summed E-state index contributed by atoms with van der Waals surface area (Å²) < 4.78 is 0. The number of thioether (sulfide) groups is 1. The van der Waals surface area contributed by atoms with Crippen molar-refractivity contribution < 1.29 is 0 Å². The number of nitrogen functional groups attached to an aromatic ring is 1. The summed E-state index contributed by atoms with van der Waals surface area (Å²) in [5, 5.41) is 1.35. The van der Waals surface area contributed by atoms with Crippen LogP contribution in [0, 0.1) is 0 Å². The van der Waals surface area contributed by atoms with Gasteiger partial charge in [-0.1, -0.05) is 24.6 Å². The number of benzene rings is 1. The van der Waals surface area contributed by atoms with E-state index in [1.54, 1.807) is 0 Å². The van der Waals surface area contributed by atoms with Crippen LogP contribution in [0.5, 0.6) is 0 Å². The van der Waals surface area contributed by atoms with Gasteiger partial charge in [0, 0.05) is 30.1 Å². The summed E-state index contributed by atoms with van der Waals surface area (Å²) >= 11 is 7.99. The van der Waals surface area contributed by atoms with Gasteiger partial charge >= 0.3 is 0 Å². The SMILES string of the molecule is CC1SCCN(Cc2ccc(Cl)c(N)c2)C1C. The van der Waals surface area contributed by atoms with Gasteiger partial charge in [-0.2, -0.15) is 11.8 Å². The summed E-state index contributed by atoms with van der Waals surface area (Å²) in [4.78, 5) is 2.52. The second-order valence-corrected chi connectivity index (χ2v) is 6.54. The Hall–Kier alpha value is -0.380. The molecule has 2 N–H and O–H groups in total. The van der Waals surface area contributed by atoms with E-state index in [-0.39, 0.29) is 0 Å². The van der Waals surface area contributed by atoms with Gasteiger partial charge in [0.1, 0.15) is 0 Å². The van der Waals surface area contributed by atoms with Crippen molar-refractivity contribution in [3.8, 4) is 0 Å². The first-order valence-corrected chi connectivity index (χ1v) is 7.40. The third kappa shape index (κ3) is 3.09. The van der Waals surface area contributed by atoms with Crippen molar-refractivity contribution in [1.82, 2.24) is 4.90 Å². The molecule has 1 aliphatic rings. The fourth-order valence-corrected chi connectivity index (χ4v) is 3.42. The lowest BCUT2D eigenvalue weighted by atomic mass is 10.1. The van der Waals surface area contributed by atoms with E-state index in [1.165, 1.54) is 11.3 Å². The number of nitrogens with two attached hydrogens (primary N) is 1. The van der Waals surface area contributed by atoms with E-state index in [4.69, 9.17) is 17.3 Å². The minimum atomic E-state index is 0.616. The number of hydrogen-bond acceptors (Lipinski definition) is 3. The predicted octanol–water partition coefficient (Wildman–Crippen LogP) is 3.25. The average Bonchev–Trinajstić information content (AvgIpc) is 2.30. The van der Waals surface area contributed by atoms with Gasteiger partial charge in [0.25, 0.3) is 0 Å². The predicted molar refractivity (Wildman–Crippen MR) is 77.7 cm³/mol. The third-order valence-electron chi connectivity index (χ3n) is 3.46. The molecular weight excluding hydrogens is 252 g/mol. The zero-order valence-corrected chi connectivity index (χ0v) is 11.9. The van der Waals surface area contributed by atoms with Gasteiger partial charge in [-0.05, 0) is 24.6 Å². The van der Waals surface area contributed by atoms with E-state index in [9.17, 15) is 0 Å². The Morgan fingerprint density at radius 3 is 2.94 bits per heavy atom. The molecule has 1 aromatic rings. The van der Waals surface area contributed by atoms with Gasteiger partial charge in [0.2, 0.25) is 0 Å². The Kier molecular flexibility index (Phi) is 4.23. The monoisotopic (exact) mass is 270 g/mol. The third-order valence-corrected chi connectivity index (χ3v) is 5.14. The lowest BCUT2D eigenvalue weighted by Crippen LogP contribution is -2.43. The van der Waals surface area contributed by atoms with Gasteiger partial charge in [0.05, 0.1) is 10.7 Å². The molecule has 0 aliphatic carbocycles. The maximum Gasteiger partial charge on any atom is 0.0635 e. The largest absolute Gasteiger partial charge is 0.398 e. The smallest absolute Gasteiger partial charge is 0.0635 e. The first-order valence-electron chi connectivity index (χ1n) is 5.97. The van der Waals surface area contributed by atoms with E-state index in [0.717, 1.165) is 13.1 Å². The van der Waals surface area contributed by atoms with Crippen LogP contribution in [0.3, 0.4) is 0 Å². The molecule has 2 rings (SSSR count). The van der Waals surface area contributed by atoms with Crippen molar-refractivity contribution in [2.75, 3.05) is 18.0 Å².